The first kappa shape index (κ1) is 22.5. The molecule has 0 radical (unpaired) electrons. The number of carboxylic acids is 1. The van der Waals surface area contributed by atoms with E-state index in [1.165, 1.54) is 0 Å². The number of anilines is 2. The second-order valence-electron chi connectivity index (χ2n) is 8.80. The number of pyridine rings is 2. The van der Waals surface area contributed by atoms with Crippen LogP contribution in [-0.2, 0) is 16.0 Å². The summed E-state index contributed by atoms with van der Waals surface area (Å²) >= 11 is 0. The molecule has 0 spiro atoms. The van der Waals surface area contributed by atoms with Gasteiger partial charge in [0.15, 0.2) is 5.78 Å². The highest BCUT2D eigenvalue weighted by Crippen LogP contribution is 2.27. The third-order valence-electron chi connectivity index (χ3n) is 5.78. The van der Waals surface area contributed by atoms with E-state index in [0.29, 0.717) is 31.6 Å². The number of carbonyl (C=O) groups excluding carboxylic acids is 1. The molecule has 0 bridgehead atoms. The molecule has 0 aliphatic heterocycles. The number of nitrogens with one attached hydrogen (secondary N) is 2. The summed E-state index contributed by atoms with van der Waals surface area (Å²) in [6.07, 6.45) is 7.30. The van der Waals surface area contributed by atoms with E-state index in [9.17, 15) is 14.7 Å². The normalized spacial score (nSPS) is 14.7. The molecule has 2 heterocycles. The molecular formula is C26H28N4O3. The number of aromatic nitrogens is 2. The Labute approximate surface area is 193 Å². The smallest absolute Gasteiger partial charge is 0.326 e. The summed E-state index contributed by atoms with van der Waals surface area (Å²) in [6, 6.07) is 10.7. The van der Waals surface area contributed by atoms with Crippen molar-refractivity contribution in [1.82, 2.24) is 15.3 Å². The van der Waals surface area contributed by atoms with Gasteiger partial charge in [0, 0.05) is 59.2 Å². The van der Waals surface area contributed by atoms with Crippen LogP contribution in [-0.4, -0.2) is 32.9 Å². The lowest BCUT2D eigenvalue weighted by atomic mass is 10.0. The van der Waals surface area contributed by atoms with E-state index >= 15 is 0 Å². The highest BCUT2D eigenvalue weighted by molar-refractivity contribution is 5.98. The maximum Gasteiger partial charge on any atom is 0.326 e. The third-order valence-corrected chi connectivity index (χ3v) is 5.78. The predicted octanol–water partition coefficient (Wildman–Crippen LogP) is 4.62. The lowest BCUT2D eigenvalue weighted by Gasteiger charge is -2.19. The highest BCUT2D eigenvalue weighted by atomic mass is 16.4. The van der Waals surface area contributed by atoms with Gasteiger partial charge in [-0.15, -0.1) is 0 Å². The fourth-order valence-electron chi connectivity index (χ4n) is 4.14. The largest absolute Gasteiger partial charge is 0.480 e. The van der Waals surface area contributed by atoms with Gasteiger partial charge in [-0.1, -0.05) is 26.0 Å². The fraction of sp³-hybridized carbons (Fsp3) is 0.308. The third kappa shape index (κ3) is 5.37. The zero-order valence-electron chi connectivity index (χ0n) is 18.8. The van der Waals surface area contributed by atoms with E-state index in [0.717, 1.165) is 39.1 Å². The molecule has 0 saturated carbocycles. The molecule has 33 heavy (non-hydrogen) atoms. The molecule has 0 amide bonds. The number of ketones is 1. The van der Waals surface area contributed by atoms with Gasteiger partial charge in [-0.3, -0.25) is 9.78 Å². The number of fused-ring (bicyclic) bond motifs is 1. The Bertz CT molecular complexity index is 1200. The Balaban J connectivity index is 1.47. The van der Waals surface area contributed by atoms with Gasteiger partial charge < -0.3 is 15.7 Å². The van der Waals surface area contributed by atoms with Crippen molar-refractivity contribution in [2.24, 2.45) is 5.92 Å². The van der Waals surface area contributed by atoms with Crippen molar-refractivity contribution in [2.75, 3.05) is 5.32 Å². The topological polar surface area (TPSA) is 104 Å². The molecule has 7 nitrogen and oxygen atoms in total. The number of aliphatic carboxylic acids is 1. The van der Waals surface area contributed by atoms with Crippen LogP contribution in [0, 0.1) is 5.92 Å². The summed E-state index contributed by atoms with van der Waals surface area (Å²) in [7, 11) is 0. The number of benzene rings is 1. The molecule has 0 unspecified atom stereocenters. The molecule has 4 rings (SSSR count). The average molecular weight is 445 g/mol. The van der Waals surface area contributed by atoms with Crippen LogP contribution in [0.4, 0.5) is 11.5 Å². The minimum Gasteiger partial charge on any atom is -0.480 e. The summed E-state index contributed by atoms with van der Waals surface area (Å²) in [6.45, 7) is 4.12. The van der Waals surface area contributed by atoms with E-state index in [2.05, 4.69) is 34.4 Å². The first-order valence-electron chi connectivity index (χ1n) is 11.2. The Morgan fingerprint density at radius 1 is 1.06 bits per heavy atom. The maximum atomic E-state index is 12.2. The van der Waals surface area contributed by atoms with Crippen LogP contribution in [0.5, 0.6) is 0 Å². The summed E-state index contributed by atoms with van der Waals surface area (Å²) in [5.74, 6) is 0.281. The second kappa shape index (κ2) is 9.81. The molecule has 2 aromatic heterocycles. The maximum absolute atomic E-state index is 12.2. The SMILES string of the molecule is CC(C)CC1=C(N[C@@H](Cc2ccc(Nc3nccc4cnccc34)cc2)C(=O)O)CCC1=O. The van der Waals surface area contributed by atoms with Crippen LogP contribution in [0.3, 0.4) is 0 Å². The average Bonchev–Trinajstić information content (AvgIpc) is 3.13. The van der Waals surface area contributed by atoms with E-state index in [4.69, 9.17) is 0 Å². The molecule has 7 heteroatoms. The van der Waals surface area contributed by atoms with Crippen molar-refractivity contribution in [3.63, 3.8) is 0 Å². The number of Topliss-reactive ketones (excluding diaryl/α,β-unsaturated/α-hetero) is 1. The molecule has 1 aliphatic carbocycles. The zero-order chi connectivity index (χ0) is 23.4. The van der Waals surface area contributed by atoms with Crippen molar-refractivity contribution in [3.8, 4) is 0 Å². The van der Waals surface area contributed by atoms with Gasteiger partial charge in [0.1, 0.15) is 11.9 Å². The number of hydrogen-bond donors (Lipinski definition) is 3. The summed E-state index contributed by atoms with van der Waals surface area (Å²) in [5.41, 5.74) is 3.30. The van der Waals surface area contributed by atoms with Crippen LogP contribution in [0.25, 0.3) is 10.8 Å². The highest BCUT2D eigenvalue weighted by Gasteiger charge is 2.27. The number of carboxylic acid groups (broad SMARTS) is 1. The van der Waals surface area contributed by atoms with Crippen LogP contribution >= 0.6 is 0 Å². The van der Waals surface area contributed by atoms with Gasteiger partial charge in [-0.2, -0.15) is 0 Å². The lowest BCUT2D eigenvalue weighted by molar-refractivity contribution is -0.139. The van der Waals surface area contributed by atoms with E-state index < -0.39 is 12.0 Å². The van der Waals surface area contributed by atoms with E-state index in [1.54, 1.807) is 18.6 Å². The first-order valence-corrected chi connectivity index (χ1v) is 11.2. The summed E-state index contributed by atoms with van der Waals surface area (Å²) < 4.78 is 0. The molecule has 1 atom stereocenters. The molecule has 1 aliphatic rings. The molecule has 3 N–H and O–H groups in total. The van der Waals surface area contributed by atoms with Crippen LogP contribution in [0.2, 0.25) is 0 Å². The Hall–Kier alpha value is -3.74. The van der Waals surface area contributed by atoms with Gasteiger partial charge in [0.05, 0.1) is 0 Å². The molecular weight excluding hydrogens is 416 g/mol. The molecule has 0 fully saturated rings. The lowest BCUT2D eigenvalue weighted by Crippen LogP contribution is -2.38. The minimum absolute atomic E-state index is 0.128. The Kier molecular flexibility index (Phi) is 6.68. The Morgan fingerprint density at radius 2 is 1.85 bits per heavy atom. The molecule has 0 saturated heterocycles. The minimum atomic E-state index is -0.929. The first-order chi connectivity index (χ1) is 15.9. The van der Waals surface area contributed by atoms with Crippen molar-refractivity contribution < 1.29 is 14.7 Å². The Morgan fingerprint density at radius 3 is 2.58 bits per heavy atom. The molecule has 1 aromatic carbocycles. The molecule has 170 valence electrons. The summed E-state index contributed by atoms with van der Waals surface area (Å²) in [5, 5.41) is 18.2. The van der Waals surface area contributed by atoms with Gasteiger partial charge >= 0.3 is 5.97 Å². The number of hydrogen-bond acceptors (Lipinski definition) is 6. The van der Waals surface area contributed by atoms with Crippen LogP contribution < -0.4 is 10.6 Å². The molecule has 3 aromatic rings. The van der Waals surface area contributed by atoms with Crippen molar-refractivity contribution in [2.45, 2.75) is 45.6 Å². The second-order valence-corrected chi connectivity index (χ2v) is 8.80. The number of carbonyl (C=O) groups is 2. The fourth-order valence-corrected chi connectivity index (χ4v) is 4.14. The van der Waals surface area contributed by atoms with Gasteiger partial charge in [0.2, 0.25) is 0 Å². The van der Waals surface area contributed by atoms with Crippen LogP contribution in [0.1, 0.15) is 38.7 Å². The number of allylic oxidation sites excluding steroid dienone is 2. The van der Waals surface area contributed by atoms with Crippen molar-refractivity contribution in [1.29, 1.82) is 0 Å². The monoisotopic (exact) mass is 444 g/mol. The number of nitrogens with zero attached hydrogens (tertiary/aromatic N) is 2. The van der Waals surface area contributed by atoms with Crippen molar-refractivity contribution in [3.05, 3.63) is 71.8 Å². The van der Waals surface area contributed by atoms with Gasteiger partial charge in [-0.05, 0) is 48.6 Å². The van der Waals surface area contributed by atoms with Gasteiger partial charge in [-0.25, -0.2) is 9.78 Å². The van der Waals surface area contributed by atoms with Crippen molar-refractivity contribution >= 4 is 34.0 Å². The van der Waals surface area contributed by atoms with Gasteiger partial charge in [0.25, 0.3) is 0 Å². The predicted molar refractivity (Wildman–Crippen MR) is 128 cm³/mol. The van der Waals surface area contributed by atoms with Crippen LogP contribution in [0.15, 0.2) is 66.3 Å². The quantitative estimate of drug-likeness (QED) is 0.442. The summed E-state index contributed by atoms with van der Waals surface area (Å²) in [4.78, 5) is 32.7. The van der Waals surface area contributed by atoms with E-state index in [1.807, 2.05) is 36.4 Å². The zero-order valence-corrected chi connectivity index (χ0v) is 18.8. The number of rotatable bonds is 9. The van der Waals surface area contributed by atoms with E-state index in [-0.39, 0.29) is 5.78 Å². The standard InChI is InChI=1S/C26H28N4O3/c1-16(2)13-21-22(7-8-24(21)31)30-23(26(32)33)14-17-3-5-19(6-4-17)29-25-20-10-11-27-15-18(20)9-12-28-25/h3-6,9-12,15-16,23,30H,7-8,13-14H2,1-2H3,(H,28,29)(H,32,33)/t23-/m0/s1.